The fourth-order valence-electron chi connectivity index (χ4n) is 4.74. The van der Waals surface area contributed by atoms with E-state index in [9.17, 15) is 22.8 Å². The lowest BCUT2D eigenvalue weighted by Crippen LogP contribution is -2.68. The highest BCUT2D eigenvalue weighted by Crippen LogP contribution is 2.58. The van der Waals surface area contributed by atoms with Gasteiger partial charge in [-0.25, -0.2) is 4.79 Å². The van der Waals surface area contributed by atoms with Crippen LogP contribution in [-0.2, 0) is 9.53 Å². The van der Waals surface area contributed by atoms with Gasteiger partial charge < -0.3 is 19.9 Å². The summed E-state index contributed by atoms with van der Waals surface area (Å²) in [5.74, 6) is -0.0816. The van der Waals surface area contributed by atoms with Crippen molar-refractivity contribution in [1.82, 2.24) is 15.1 Å². The minimum atomic E-state index is -4.16. The SMILES string of the molecule is CC(=O)NC1CN(C(=O)N2CC3(CCC(OCC4(C(F)(F)F)CC4)CC3)C2)C1. The van der Waals surface area contributed by atoms with E-state index in [1.807, 2.05) is 4.90 Å². The first kappa shape index (κ1) is 19.8. The van der Waals surface area contributed by atoms with Crippen molar-refractivity contribution in [2.45, 2.75) is 63.8 Å². The van der Waals surface area contributed by atoms with Crippen molar-refractivity contribution in [2.24, 2.45) is 10.8 Å². The molecule has 9 heteroatoms. The maximum absolute atomic E-state index is 13.0. The average molecular weight is 403 g/mol. The van der Waals surface area contributed by atoms with Crippen molar-refractivity contribution < 1.29 is 27.5 Å². The number of halogens is 3. The number of amides is 3. The molecule has 2 saturated carbocycles. The molecule has 2 heterocycles. The maximum Gasteiger partial charge on any atom is 0.396 e. The van der Waals surface area contributed by atoms with E-state index in [1.165, 1.54) is 6.92 Å². The number of carbonyl (C=O) groups is 2. The van der Waals surface area contributed by atoms with Gasteiger partial charge in [-0.3, -0.25) is 4.79 Å². The third-order valence-electron chi connectivity index (χ3n) is 6.93. The number of hydrogen-bond acceptors (Lipinski definition) is 3. The van der Waals surface area contributed by atoms with Crippen molar-refractivity contribution >= 4 is 11.9 Å². The molecule has 1 spiro atoms. The van der Waals surface area contributed by atoms with E-state index in [2.05, 4.69) is 5.32 Å². The van der Waals surface area contributed by atoms with Crippen LogP contribution >= 0.6 is 0 Å². The van der Waals surface area contributed by atoms with Crippen LogP contribution in [0.15, 0.2) is 0 Å². The van der Waals surface area contributed by atoms with Crippen molar-refractivity contribution in [2.75, 3.05) is 32.8 Å². The molecule has 6 nitrogen and oxygen atoms in total. The summed E-state index contributed by atoms with van der Waals surface area (Å²) >= 11 is 0. The highest BCUT2D eigenvalue weighted by molar-refractivity contribution is 5.78. The molecule has 0 atom stereocenters. The molecule has 28 heavy (non-hydrogen) atoms. The number of hydrogen-bond donors (Lipinski definition) is 1. The Morgan fingerprint density at radius 3 is 2.18 bits per heavy atom. The van der Waals surface area contributed by atoms with Gasteiger partial charge in [-0.1, -0.05) is 0 Å². The highest BCUT2D eigenvalue weighted by atomic mass is 19.4. The Bertz CT molecular complexity index is 628. The van der Waals surface area contributed by atoms with Crippen molar-refractivity contribution in [1.29, 1.82) is 0 Å². The van der Waals surface area contributed by atoms with E-state index in [4.69, 9.17) is 4.74 Å². The monoisotopic (exact) mass is 403 g/mol. The number of urea groups is 1. The molecule has 2 aliphatic heterocycles. The second-order valence-corrected chi connectivity index (χ2v) is 9.23. The Hall–Kier alpha value is -1.51. The third-order valence-corrected chi connectivity index (χ3v) is 6.93. The topological polar surface area (TPSA) is 61.9 Å². The van der Waals surface area contributed by atoms with Gasteiger partial charge in [-0.2, -0.15) is 13.2 Å². The molecular weight excluding hydrogens is 375 g/mol. The summed E-state index contributed by atoms with van der Waals surface area (Å²) in [6.45, 7) is 3.80. The number of alkyl halides is 3. The molecule has 0 aromatic heterocycles. The number of nitrogens with one attached hydrogen (secondary N) is 1. The average Bonchev–Trinajstić information content (AvgIpc) is 3.34. The van der Waals surface area contributed by atoms with Crippen LogP contribution in [0.4, 0.5) is 18.0 Å². The standard InChI is InChI=1S/C19H28F3N3O3/c1-13(26)23-14-8-24(9-14)16(27)25-10-17(11-25)4-2-15(3-5-17)28-12-18(6-7-18)19(20,21)22/h14-15H,2-12H2,1H3,(H,23,26). The summed E-state index contributed by atoms with van der Waals surface area (Å²) in [5, 5.41) is 2.80. The lowest BCUT2D eigenvalue weighted by molar-refractivity contribution is -0.208. The van der Waals surface area contributed by atoms with Gasteiger partial charge in [0.25, 0.3) is 0 Å². The van der Waals surface area contributed by atoms with E-state index in [0.717, 1.165) is 25.7 Å². The Labute approximate surface area is 162 Å². The van der Waals surface area contributed by atoms with Crippen molar-refractivity contribution in [3.05, 3.63) is 0 Å². The second-order valence-electron chi connectivity index (χ2n) is 9.23. The fraction of sp³-hybridized carbons (Fsp3) is 0.895. The normalized spacial score (nSPS) is 26.6. The highest BCUT2D eigenvalue weighted by Gasteiger charge is 2.63. The molecule has 0 aromatic rings. The van der Waals surface area contributed by atoms with Crippen LogP contribution in [0.25, 0.3) is 0 Å². The number of likely N-dealkylation sites (tertiary alicyclic amines) is 2. The Morgan fingerprint density at radius 1 is 1.07 bits per heavy atom. The Kier molecular flexibility index (Phi) is 4.79. The zero-order valence-corrected chi connectivity index (χ0v) is 16.2. The first-order chi connectivity index (χ1) is 13.1. The summed E-state index contributed by atoms with van der Waals surface area (Å²) < 4.78 is 44.6. The smallest absolute Gasteiger partial charge is 0.377 e. The number of ether oxygens (including phenoxy) is 1. The van der Waals surface area contributed by atoms with Crippen molar-refractivity contribution in [3.63, 3.8) is 0 Å². The zero-order valence-electron chi connectivity index (χ0n) is 16.2. The molecule has 3 amide bonds. The van der Waals surface area contributed by atoms with E-state index in [0.29, 0.717) is 26.2 Å². The summed E-state index contributed by atoms with van der Waals surface area (Å²) in [4.78, 5) is 27.1. The summed E-state index contributed by atoms with van der Waals surface area (Å²) in [5.41, 5.74) is -1.48. The molecule has 1 N–H and O–H groups in total. The number of rotatable bonds is 4. The van der Waals surface area contributed by atoms with Gasteiger partial charge in [0.2, 0.25) is 5.91 Å². The molecule has 2 saturated heterocycles. The van der Waals surface area contributed by atoms with E-state index >= 15 is 0 Å². The lowest BCUT2D eigenvalue weighted by Gasteiger charge is -2.55. The molecule has 158 valence electrons. The van der Waals surface area contributed by atoms with Crippen LogP contribution in [-0.4, -0.2) is 72.8 Å². The van der Waals surface area contributed by atoms with Crippen LogP contribution in [0.2, 0.25) is 0 Å². The summed E-state index contributed by atoms with van der Waals surface area (Å²) in [6.07, 6.45) is -0.553. The van der Waals surface area contributed by atoms with E-state index < -0.39 is 11.6 Å². The molecule has 0 bridgehead atoms. The zero-order chi connectivity index (χ0) is 20.2. The van der Waals surface area contributed by atoms with E-state index in [-0.39, 0.29) is 48.9 Å². The quantitative estimate of drug-likeness (QED) is 0.785. The Balaban J connectivity index is 1.16. The van der Waals surface area contributed by atoms with Gasteiger partial charge in [0.05, 0.1) is 24.2 Å². The molecule has 0 radical (unpaired) electrons. The molecule has 4 rings (SSSR count). The first-order valence-electron chi connectivity index (χ1n) is 10.1. The predicted molar refractivity (Wildman–Crippen MR) is 94.5 cm³/mol. The second kappa shape index (κ2) is 6.78. The minimum Gasteiger partial charge on any atom is -0.377 e. The Morgan fingerprint density at radius 2 is 1.68 bits per heavy atom. The van der Waals surface area contributed by atoms with Gasteiger partial charge in [-0.15, -0.1) is 0 Å². The summed E-state index contributed by atoms with van der Waals surface area (Å²) in [6, 6.07) is 0.0715. The number of nitrogens with zero attached hydrogens (tertiary/aromatic N) is 2. The van der Waals surface area contributed by atoms with Crippen LogP contribution in [0.3, 0.4) is 0 Å². The van der Waals surface area contributed by atoms with Gasteiger partial charge >= 0.3 is 12.2 Å². The molecule has 0 aromatic carbocycles. The van der Waals surface area contributed by atoms with Crippen LogP contribution in [0, 0.1) is 10.8 Å². The largest absolute Gasteiger partial charge is 0.396 e. The van der Waals surface area contributed by atoms with E-state index in [1.54, 1.807) is 4.90 Å². The van der Waals surface area contributed by atoms with Gasteiger partial charge in [0.15, 0.2) is 0 Å². The van der Waals surface area contributed by atoms with Gasteiger partial charge in [-0.05, 0) is 38.5 Å². The van der Waals surface area contributed by atoms with Crippen LogP contribution < -0.4 is 5.32 Å². The van der Waals surface area contributed by atoms with Crippen molar-refractivity contribution in [3.8, 4) is 0 Å². The molecular formula is C19H28F3N3O3. The van der Waals surface area contributed by atoms with Gasteiger partial charge in [0, 0.05) is 38.5 Å². The molecule has 2 aliphatic carbocycles. The third kappa shape index (κ3) is 3.69. The predicted octanol–water partition coefficient (Wildman–Crippen LogP) is 2.53. The first-order valence-corrected chi connectivity index (χ1v) is 10.1. The fourth-order valence-corrected chi connectivity index (χ4v) is 4.74. The molecule has 0 unspecified atom stereocenters. The molecule has 4 aliphatic rings. The maximum atomic E-state index is 13.0. The summed E-state index contributed by atoms with van der Waals surface area (Å²) in [7, 11) is 0. The number of carbonyl (C=O) groups excluding carboxylic acids is 2. The minimum absolute atomic E-state index is 0.0199. The lowest BCUT2D eigenvalue weighted by atomic mass is 9.68. The van der Waals surface area contributed by atoms with Gasteiger partial charge in [0.1, 0.15) is 0 Å². The molecule has 4 fully saturated rings. The van der Waals surface area contributed by atoms with Crippen LogP contribution in [0.5, 0.6) is 0 Å². The van der Waals surface area contributed by atoms with Crippen LogP contribution in [0.1, 0.15) is 45.4 Å².